The Kier molecular flexibility index (Phi) is 7.74. The summed E-state index contributed by atoms with van der Waals surface area (Å²) in [7, 11) is 3.19. The first kappa shape index (κ1) is 20.8. The Morgan fingerprint density at radius 2 is 1.64 bits per heavy atom. The van der Waals surface area contributed by atoms with Crippen molar-refractivity contribution in [2.24, 2.45) is 5.73 Å². The third-order valence-electron chi connectivity index (χ3n) is 4.04. The lowest BCUT2D eigenvalue weighted by Crippen LogP contribution is -2.35. The van der Waals surface area contributed by atoms with Crippen molar-refractivity contribution < 1.29 is 14.3 Å². The van der Waals surface area contributed by atoms with Crippen molar-refractivity contribution in [3.63, 3.8) is 0 Å². The van der Waals surface area contributed by atoms with Crippen LogP contribution in [0.3, 0.4) is 0 Å². The average Bonchev–Trinajstić information content (AvgIpc) is 2.61. The first-order valence-electron chi connectivity index (χ1n) is 7.81. The van der Waals surface area contributed by atoms with Gasteiger partial charge in [-0.15, -0.1) is 12.4 Å². The number of methoxy groups -OCH3 is 2. The molecule has 6 heteroatoms. The molecule has 0 radical (unpaired) electrons. The van der Waals surface area contributed by atoms with Crippen LogP contribution < -0.4 is 20.5 Å². The highest BCUT2D eigenvalue weighted by Gasteiger charge is 2.20. The number of rotatable bonds is 6. The molecule has 0 aromatic heterocycles. The predicted molar refractivity (Wildman–Crippen MR) is 101 cm³/mol. The van der Waals surface area contributed by atoms with Crippen molar-refractivity contribution in [1.82, 2.24) is 5.32 Å². The molecule has 3 N–H and O–H groups in total. The second-order valence-electron chi connectivity index (χ2n) is 5.68. The molecule has 5 nitrogen and oxygen atoms in total. The summed E-state index contributed by atoms with van der Waals surface area (Å²) in [5.74, 6) is 1.08. The van der Waals surface area contributed by atoms with E-state index in [2.05, 4.69) is 5.32 Å². The van der Waals surface area contributed by atoms with Gasteiger partial charge in [0, 0.05) is 0 Å². The molecule has 0 bridgehead atoms. The molecule has 0 fully saturated rings. The number of carbonyl (C=O) groups is 1. The SMILES string of the molecule is COc1cc(C)c(C(C)NC(=O)C(N)c2ccccc2)cc1OC.Cl. The van der Waals surface area contributed by atoms with E-state index in [1.54, 1.807) is 14.2 Å². The van der Waals surface area contributed by atoms with Crippen LogP contribution in [0, 0.1) is 6.92 Å². The number of nitrogens with two attached hydrogens (primary N) is 1. The first-order chi connectivity index (χ1) is 11.5. The monoisotopic (exact) mass is 364 g/mol. The normalized spacial score (nSPS) is 12.5. The topological polar surface area (TPSA) is 73.6 Å². The molecule has 1 amide bonds. The zero-order valence-electron chi connectivity index (χ0n) is 14.9. The lowest BCUT2D eigenvalue weighted by molar-refractivity contribution is -0.123. The Balaban J connectivity index is 0.00000312. The van der Waals surface area contributed by atoms with Gasteiger partial charge in [-0.25, -0.2) is 0 Å². The van der Waals surface area contributed by atoms with Gasteiger partial charge in [-0.2, -0.15) is 0 Å². The summed E-state index contributed by atoms with van der Waals surface area (Å²) in [4.78, 5) is 12.4. The number of halogens is 1. The highest BCUT2D eigenvalue weighted by molar-refractivity contribution is 5.85. The summed E-state index contributed by atoms with van der Waals surface area (Å²) in [6.45, 7) is 3.89. The molecule has 0 saturated carbocycles. The predicted octanol–water partition coefficient (Wildman–Crippen LogP) is 3.31. The van der Waals surface area contributed by atoms with E-state index in [0.29, 0.717) is 11.5 Å². The van der Waals surface area contributed by atoms with Gasteiger partial charge in [0.1, 0.15) is 6.04 Å². The van der Waals surface area contributed by atoms with E-state index < -0.39 is 6.04 Å². The van der Waals surface area contributed by atoms with Crippen LogP contribution in [-0.2, 0) is 4.79 Å². The van der Waals surface area contributed by atoms with E-state index in [1.165, 1.54) is 0 Å². The minimum absolute atomic E-state index is 0. The molecule has 0 saturated heterocycles. The fraction of sp³-hybridized carbons (Fsp3) is 0.316. The number of hydrogen-bond donors (Lipinski definition) is 2. The molecule has 0 aliphatic rings. The van der Waals surface area contributed by atoms with Gasteiger partial charge in [0.25, 0.3) is 0 Å². The first-order valence-corrected chi connectivity index (χ1v) is 7.81. The maximum absolute atomic E-state index is 12.4. The Morgan fingerprint density at radius 3 is 2.20 bits per heavy atom. The fourth-order valence-corrected chi connectivity index (χ4v) is 2.66. The fourth-order valence-electron chi connectivity index (χ4n) is 2.66. The summed E-state index contributed by atoms with van der Waals surface area (Å²) in [5.41, 5.74) is 8.80. The van der Waals surface area contributed by atoms with E-state index in [9.17, 15) is 4.79 Å². The van der Waals surface area contributed by atoms with Gasteiger partial charge in [-0.1, -0.05) is 30.3 Å². The van der Waals surface area contributed by atoms with Gasteiger partial charge >= 0.3 is 0 Å². The standard InChI is InChI=1S/C19H24N2O3.ClH/c1-12-10-16(23-3)17(24-4)11-15(12)13(2)21-19(22)18(20)14-8-6-5-7-9-14;/h5-11,13,18H,20H2,1-4H3,(H,21,22);1H. The van der Waals surface area contributed by atoms with Crippen molar-refractivity contribution >= 4 is 18.3 Å². The number of carbonyl (C=O) groups excluding carboxylic acids is 1. The van der Waals surface area contributed by atoms with E-state index in [4.69, 9.17) is 15.2 Å². The zero-order valence-corrected chi connectivity index (χ0v) is 15.7. The van der Waals surface area contributed by atoms with Crippen LogP contribution in [-0.4, -0.2) is 20.1 Å². The Hall–Kier alpha value is -2.24. The van der Waals surface area contributed by atoms with Gasteiger partial charge in [0.2, 0.25) is 5.91 Å². The van der Waals surface area contributed by atoms with Crippen LogP contribution in [0.2, 0.25) is 0 Å². The molecule has 2 aromatic carbocycles. The molecule has 0 heterocycles. The molecular formula is C19H25ClN2O3. The minimum Gasteiger partial charge on any atom is -0.493 e. The summed E-state index contributed by atoms with van der Waals surface area (Å²) in [5, 5.41) is 2.96. The minimum atomic E-state index is -0.700. The molecule has 0 aliphatic heterocycles. The Labute approximate surface area is 154 Å². The van der Waals surface area contributed by atoms with Crippen molar-refractivity contribution in [2.45, 2.75) is 25.9 Å². The zero-order chi connectivity index (χ0) is 17.7. The molecule has 2 aromatic rings. The van der Waals surface area contributed by atoms with Crippen LogP contribution in [0.5, 0.6) is 11.5 Å². The molecular weight excluding hydrogens is 340 g/mol. The number of nitrogens with one attached hydrogen (secondary N) is 1. The van der Waals surface area contributed by atoms with Crippen molar-refractivity contribution in [3.8, 4) is 11.5 Å². The van der Waals surface area contributed by atoms with Gasteiger partial charge < -0.3 is 20.5 Å². The van der Waals surface area contributed by atoms with Crippen molar-refractivity contribution in [3.05, 3.63) is 59.2 Å². The van der Waals surface area contributed by atoms with Crippen molar-refractivity contribution in [2.75, 3.05) is 14.2 Å². The quantitative estimate of drug-likeness (QED) is 0.824. The van der Waals surface area contributed by atoms with Gasteiger partial charge in [-0.3, -0.25) is 4.79 Å². The van der Waals surface area contributed by atoms with Crippen LogP contribution in [0.4, 0.5) is 0 Å². The Bertz CT molecular complexity index is 707. The smallest absolute Gasteiger partial charge is 0.241 e. The van der Waals surface area contributed by atoms with E-state index in [0.717, 1.165) is 16.7 Å². The van der Waals surface area contributed by atoms with Crippen molar-refractivity contribution in [1.29, 1.82) is 0 Å². The summed E-state index contributed by atoms with van der Waals surface area (Å²) in [6, 6.07) is 12.2. The second kappa shape index (κ2) is 9.30. The molecule has 0 aliphatic carbocycles. The van der Waals surface area contributed by atoms with E-state index >= 15 is 0 Å². The van der Waals surface area contributed by atoms with Crippen LogP contribution in [0.1, 0.15) is 35.7 Å². The molecule has 2 atom stereocenters. The van der Waals surface area contributed by atoms with Crippen LogP contribution in [0.15, 0.2) is 42.5 Å². The van der Waals surface area contributed by atoms with Crippen LogP contribution >= 0.6 is 12.4 Å². The molecule has 2 rings (SSSR count). The average molecular weight is 365 g/mol. The Morgan fingerprint density at radius 1 is 1.08 bits per heavy atom. The second-order valence-corrected chi connectivity index (χ2v) is 5.68. The highest BCUT2D eigenvalue weighted by Crippen LogP contribution is 2.33. The molecule has 136 valence electrons. The highest BCUT2D eigenvalue weighted by atomic mass is 35.5. The molecule has 0 spiro atoms. The van der Waals surface area contributed by atoms with Gasteiger partial charge in [0.15, 0.2) is 11.5 Å². The lowest BCUT2D eigenvalue weighted by atomic mass is 10.0. The molecule has 25 heavy (non-hydrogen) atoms. The maximum Gasteiger partial charge on any atom is 0.241 e. The largest absolute Gasteiger partial charge is 0.493 e. The van der Waals surface area contributed by atoms with Gasteiger partial charge in [0.05, 0.1) is 20.3 Å². The number of hydrogen-bond acceptors (Lipinski definition) is 4. The lowest BCUT2D eigenvalue weighted by Gasteiger charge is -2.21. The van der Waals surface area contributed by atoms with Gasteiger partial charge in [-0.05, 0) is 42.7 Å². The number of amides is 1. The van der Waals surface area contributed by atoms with E-state index in [-0.39, 0.29) is 24.4 Å². The number of benzene rings is 2. The summed E-state index contributed by atoms with van der Waals surface area (Å²) in [6.07, 6.45) is 0. The van der Waals surface area contributed by atoms with E-state index in [1.807, 2.05) is 56.3 Å². The third-order valence-corrected chi connectivity index (χ3v) is 4.04. The third kappa shape index (κ3) is 4.87. The molecule has 2 unspecified atom stereocenters. The maximum atomic E-state index is 12.4. The number of aryl methyl sites for hydroxylation is 1. The van der Waals surface area contributed by atoms with Crippen LogP contribution in [0.25, 0.3) is 0 Å². The summed E-state index contributed by atoms with van der Waals surface area (Å²) >= 11 is 0. The summed E-state index contributed by atoms with van der Waals surface area (Å²) < 4.78 is 10.6. The number of ether oxygens (including phenoxy) is 2.